The molecule has 5 nitrogen and oxygen atoms in total. The van der Waals surface area contributed by atoms with E-state index in [1.165, 1.54) is 16.9 Å². The van der Waals surface area contributed by atoms with E-state index in [1.807, 2.05) is 4.90 Å². The first-order chi connectivity index (χ1) is 12.7. The van der Waals surface area contributed by atoms with E-state index in [0.29, 0.717) is 23.2 Å². The van der Waals surface area contributed by atoms with Gasteiger partial charge in [0.05, 0.1) is 16.9 Å². The number of thioether (sulfide) groups is 1. The molecule has 1 saturated heterocycles. The van der Waals surface area contributed by atoms with E-state index in [9.17, 15) is 9.59 Å². The van der Waals surface area contributed by atoms with Gasteiger partial charge in [-0.3, -0.25) is 9.59 Å². The van der Waals surface area contributed by atoms with Gasteiger partial charge < -0.3 is 9.88 Å². The number of thiophene rings is 1. The molecule has 1 atom stereocenters. The smallest absolute Gasteiger partial charge is 0.259 e. The van der Waals surface area contributed by atoms with E-state index >= 15 is 0 Å². The van der Waals surface area contributed by atoms with Crippen LogP contribution in [-0.4, -0.2) is 39.6 Å². The Balaban J connectivity index is 1.38. The summed E-state index contributed by atoms with van der Waals surface area (Å²) in [4.78, 5) is 36.7. The summed E-state index contributed by atoms with van der Waals surface area (Å²) in [7, 11) is 0. The van der Waals surface area contributed by atoms with E-state index in [2.05, 4.69) is 16.9 Å². The summed E-state index contributed by atoms with van der Waals surface area (Å²) in [6.07, 6.45) is 6.71. The number of hydrogen-bond donors (Lipinski definition) is 1. The van der Waals surface area contributed by atoms with Crippen LogP contribution in [0.2, 0.25) is 0 Å². The molecule has 3 heterocycles. The highest BCUT2D eigenvalue weighted by Gasteiger charge is 2.23. The van der Waals surface area contributed by atoms with Crippen molar-refractivity contribution in [1.29, 1.82) is 0 Å². The van der Waals surface area contributed by atoms with Crippen molar-refractivity contribution in [2.24, 2.45) is 5.92 Å². The summed E-state index contributed by atoms with van der Waals surface area (Å²) >= 11 is 3.21. The van der Waals surface area contributed by atoms with Crippen LogP contribution in [0.1, 0.15) is 48.9 Å². The van der Waals surface area contributed by atoms with Crippen LogP contribution >= 0.6 is 23.1 Å². The quantitative estimate of drug-likeness (QED) is 0.849. The molecule has 1 aliphatic carbocycles. The molecule has 2 aliphatic rings. The Bertz CT molecular complexity index is 874. The van der Waals surface area contributed by atoms with Gasteiger partial charge in [0.25, 0.3) is 5.56 Å². The van der Waals surface area contributed by atoms with Crippen molar-refractivity contribution in [1.82, 2.24) is 14.9 Å². The fraction of sp³-hybridized carbons (Fsp3) is 0.632. The maximum Gasteiger partial charge on any atom is 0.259 e. The Hall–Kier alpha value is -1.34. The molecule has 1 fully saturated rings. The second kappa shape index (κ2) is 7.72. The van der Waals surface area contributed by atoms with Gasteiger partial charge in [-0.05, 0) is 43.6 Å². The molecule has 140 valence electrons. The van der Waals surface area contributed by atoms with Gasteiger partial charge in [-0.15, -0.1) is 23.1 Å². The molecular weight excluding hydrogens is 366 g/mol. The largest absolute Gasteiger partial charge is 0.342 e. The normalized spacial score (nSPS) is 19.9. The average Bonchev–Trinajstić information content (AvgIpc) is 3.22. The van der Waals surface area contributed by atoms with Crippen LogP contribution in [-0.2, 0) is 23.4 Å². The van der Waals surface area contributed by atoms with E-state index in [1.54, 1.807) is 23.1 Å². The van der Waals surface area contributed by atoms with E-state index in [0.717, 1.165) is 55.4 Å². The van der Waals surface area contributed by atoms with Gasteiger partial charge in [-0.1, -0.05) is 13.3 Å². The summed E-state index contributed by atoms with van der Waals surface area (Å²) < 4.78 is 0. The predicted molar refractivity (Wildman–Crippen MR) is 108 cm³/mol. The third-order valence-electron chi connectivity index (χ3n) is 5.54. The Morgan fingerprint density at radius 3 is 3.12 bits per heavy atom. The van der Waals surface area contributed by atoms with Gasteiger partial charge in [-0.2, -0.15) is 0 Å². The van der Waals surface area contributed by atoms with E-state index in [4.69, 9.17) is 0 Å². The lowest BCUT2D eigenvalue weighted by atomic mass is 9.96. The number of aromatic nitrogens is 2. The van der Waals surface area contributed by atoms with Gasteiger partial charge >= 0.3 is 0 Å². The zero-order valence-corrected chi connectivity index (χ0v) is 16.8. The SMILES string of the molecule is CCC1CCCN(C(=O)CSCc2nc3sc4c(c3c(=O)[nH]2)CCC4)C1. The van der Waals surface area contributed by atoms with Crippen molar-refractivity contribution in [3.8, 4) is 0 Å². The van der Waals surface area contributed by atoms with Gasteiger partial charge in [0.2, 0.25) is 5.91 Å². The van der Waals surface area contributed by atoms with Crippen LogP contribution in [0.4, 0.5) is 0 Å². The predicted octanol–water partition coefficient (Wildman–Crippen LogP) is 3.36. The first-order valence-corrected chi connectivity index (χ1v) is 11.5. The molecule has 0 bridgehead atoms. The van der Waals surface area contributed by atoms with Crippen LogP contribution in [0.3, 0.4) is 0 Å². The summed E-state index contributed by atoms with van der Waals surface area (Å²) in [6.45, 7) is 3.99. The number of nitrogens with zero attached hydrogens (tertiary/aromatic N) is 2. The minimum Gasteiger partial charge on any atom is -0.342 e. The molecular formula is C19H25N3O2S2. The first kappa shape index (κ1) is 18.0. The molecule has 1 unspecified atom stereocenters. The topological polar surface area (TPSA) is 66.1 Å². The Morgan fingerprint density at radius 1 is 1.38 bits per heavy atom. The monoisotopic (exact) mass is 391 g/mol. The highest BCUT2D eigenvalue weighted by atomic mass is 32.2. The number of carbonyl (C=O) groups excluding carboxylic acids is 1. The van der Waals surface area contributed by atoms with E-state index in [-0.39, 0.29) is 11.5 Å². The Labute approximate surface area is 161 Å². The number of hydrogen-bond acceptors (Lipinski definition) is 5. The summed E-state index contributed by atoms with van der Waals surface area (Å²) in [6, 6.07) is 0. The number of rotatable bonds is 5. The Morgan fingerprint density at radius 2 is 2.27 bits per heavy atom. The molecule has 0 saturated carbocycles. The second-order valence-corrected chi connectivity index (χ2v) is 9.37. The van der Waals surface area contributed by atoms with Crippen molar-refractivity contribution in [3.05, 3.63) is 26.6 Å². The number of H-pyrrole nitrogens is 1. The Kier molecular flexibility index (Phi) is 5.36. The molecule has 0 radical (unpaired) electrons. The molecule has 1 aliphatic heterocycles. The maximum absolute atomic E-state index is 12.5. The third-order valence-corrected chi connectivity index (χ3v) is 7.65. The van der Waals surface area contributed by atoms with Crippen molar-refractivity contribution < 1.29 is 4.79 Å². The minimum atomic E-state index is -0.0156. The number of fused-ring (bicyclic) bond motifs is 3. The summed E-state index contributed by atoms with van der Waals surface area (Å²) in [5.41, 5.74) is 1.20. The molecule has 26 heavy (non-hydrogen) atoms. The van der Waals surface area contributed by atoms with Crippen LogP contribution in [0, 0.1) is 5.92 Å². The molecule has 1 amide bonds. The number of carbonyl (C=O) groups is 1. The molecule has 0 spiro atoms. The van der Waals surface area contributed by atoms with Crippen molar-refractivity contribution in [2.75, 3.05) is 18.8 Å². The zero-order valence-electron chi connectivity index (χ0n) is 15.2. The third kappa shape index (κ3) is 3.56. The van der Waals surface area contributed by atoms with Gasteiger partial charge in [-0.25, -0.2) is 4.98 Å². The fourth-order valence-electron chi connectivity index (χ4n) is 4.07. The standard InChI is InChI=1S/C19H25N3O2S2/c1-2-12-5-4-8-22(9-12)16(23)11-25-10-15-20-18(24)17-13-6-3-7-14(13)26-19(17)21-15/h12H,2-11H2,1H3,(H,20,21,24). The fourth-order valence-corrected chi connectivity index (χ4v) is 6.14. The van der Waals surface area contributed by atoms with E-state index < -0.39 is 0 Å². The number of piperidine rings is 1. The number of aromatic amines is 1. The summed E-state index contributed by atoms with van der Waals surface area (Å²) in [5, 5.41) is 0.797. The van der Waals surface area contributed by atoms with Crippen LogP contribution in [0.5, 0.6) is 0 Å². The van der Waals surface area contributed by atoms with Gasteiger partial charge in [0.15, 0.2) is 0 Å². The zero-order chi connectivity index (χ0) is 18.1. The molecule has 2 aromatic heterocycles. The molecule has 1 N–H and O–H groups in total. The maximum atomic E-state index is 12.5. The highest BCUT2D eigenvalue weighted by Crippen LogP contribution is 2.34. The van der Waals surface area contributed by atoms with Crippen molar-refractivity contribution >= 4 is 39.2 Å². The first-order valence-electron chi connectivity index (χ1n) is 9.54. The molecule has 2 aromatic rings. The minimum absolute atomic E-state index is 0.0156. The van der Waals surface area contributed by atoms with Gasteiger partial charge in [0, 0.05) is 18.0 Å². The second-order valence-electron chi connectivity index (χ2n) is 7.30. The molecule has 0 aromatic carbocycles. The van der Waals surface area contributed by atoms with Crippen LogP contribution in [0.15, 0.2) is 4.79 Å². The lowest BCUT2D eigenvalue weighted by Gasteiger charge is -2.32. The number of amides is 1. The lowest BCUT2D eigenvalue weighted by molar-refractivity contribution is -0.130. The van der Waals surface area contributed by atoms with Crippen molar-refractivity contribution in [3.63, 3.8) is 0 Å². The molecule has 7 heteroatoms. The number of nitrogens with one attached hydrogen (secondary N) is 1. The summed E-state index contributed by atoms with van der Waals surface area (Å²) in [5.74, 6) is 2.58. The number of likely N-dealkylation sites (tertiary alicyclic amines) is 1. The van der Waals surface area contributed by atoms with Gasteiger partial charge in [0.1, 0.15) is 10.7 Å². The molecule has 4 rings (SSSR count). The lowest BCUT2D eigenvalue weighted by Crippen LogP contribution is -2.40. The van der Waals surface area contributed by atoms with Crippen LogP contribution in [0.25, 0.3) is 10.2 Å². The number of aryl methyl sites for hydroxylation is 2. The van der Waals surface area contributed by atoms with Crippen LogP contribution < -0.4 is 5.56 Å². The van der Waals surface area contributed by atoms with Crippen molar-refractivity contribution in [2.45, 2.75) is 51.2 Å². The highest BCUT2D eigenvalue weighted by molar-refractivity contribution is 7.99. The average molecular weight is 392 g/mol.